The molecule has 0 fully saturated rings. The molecule has 0 aromatic heterocycles. The van der Waals surface area contributed by atoms with Crippen LogP contribution in [0.2, 0.25) is 58.9 Å². The average Bonchev–Trinajstić information content (AvgIpc) is 2.40. The number of rotatable bonds is 13. The Morgan fingerprint density at radius 2 is 0.880 bits per heavy atom. The summed E-state index contributed by atoms with van der Waals surface area (Å²) in [5.74, 6) is 0. The predicted octanol–water partition coefficient (Wildman–Crippen LogP) is 8.31. The van der Waals surface area contributed by atoms with Crippen LogP contribution in [-0.4, -0.2) is 29.4 Å². The van der Waals surface area contributed by atoms with Crippen molar-refractivity contribution in [3.05, 3.63) is 11.8 Å². The highest BCUT2D eigenvalue weighted by Gasteiger charge is 2.59. The molecular weight excluding hydrogens is 365 g/mol. The van der Waals surface area contributed by atoms with Crippen molar-refractivity contribution in [3.8, 4) is 0 Å². The van der Waals surface area contributed by atoms with E-state index >= 15 is 0 Å². The molecule has 0 radical (unpaired) electrons. The zero-order valence-electron chi connectivity index (χ0n) is 19.5. The quantitative estimate of drug-likeness (QED) is 0.210. The summed E-state index contributed by atoms with van der Waals surface area (Å²) >= 11 is 0. The zero-order valence-corrected chi connectivity index (χ0v) is 23.5. The van der Waals surface area contributed by atoms with Gasteiger partial charge in [-0.1, -0.05) is 117 Å². The molecule has 0 spiro atoms. The van der Waals surface area contributed by atoms with E-state index < -0.39 is 29.4 Å². The summed E-state index contributed by atoms with van der Waals surface area (Å²) < 4.78 is 0. The molecule has 0 aliphatic rings. The van der Waals surface area contributed by atoms with Crippen LogP contribution in [0.5, 0.6) is 0 Å². The summed E-state index contributed by atoms with van der Waals surface area (Å²) in [5.41, 5.74) is 2.92. The highest BCUT2D eigenvalue weighted by molar-refractivity contribution is 7.90. The Bertz CT molecular complexity index is 344. The SMILES string of the molecule is CCCCCCCCCC/C=C\[Si]([Si](C)(C)C)([Si](C)(C)C)[Si](C)(C)C. The fraction of sp³-hybridized carbons (Fsp3) is 0.905. The van der Waals surface area contributed by atoms with Gasteiger partial charge in [0.15, 0.2) is 0 Å². The molecule has 0 aromatic rings. The third-order valence-corrected chi connectivity index (χ3v) is 77.3. The highest BCUT2D eigenvalue weighted by atomic mass is 29.9. The molecule has 0 nitrogen and oxygen atoms in total. The van der Waals surface area contributed by atoms with Gasteiger partial charge in [-0.2, -0.15) is 0 Å². The topological polar surface area (TPSA) is 0 Å². The first-order valence-corrected chi connectivity index (χ1v) is 26.6. The molecule has 0 N–H and O–H groups in total. The van der Waals surface area contributed by atoms with Crippen LogP contribution in [0.25, 0.3) is 0 Å². The van der Waals surface area contributed by atoms with E-state index in [9.17, 15) is 0 Å². The lowest BCUT2D eigenvalue weighted by atomic mass is 10.1. The van der Waals surface area contributed by atoms with Gasteiger partial charge < -0.3 is 0 Å². The Kier molecular flexibility index (Phi) is 11.1. The van der Waals surface area contributed by atoms with Crippen LogP contribution in [0.1, 0.15) is 64.7 Å². The van der Waals surface area contributed by atoms with Gasteiger partial charge in [-0.3, -0.25) is 0 Å². The lowest BCUT2D eigenvalue weighted by molar-refractivity contribution is 0.577. The summed E-state index contributed by atoms with van der Waals surface area (Å²) in [6, 6.07) is 0. The molecular formula is C21H50Si4. The molecule has 0 bridgehead atoms. The molecule has 0 aliphatic carbocycles. The Morgan fingerprint density at radius 1 is 0.520 bits per heavy atom. The minimum absolute atomic E-state index is 1.13. The third kappa shape index (κ3) is 7.63. The zero-order chi connectivity index (χ0) is 19.8. The van der Waals surface area contributed by atoms with Crippen molar-refractivity contribution in [1.29, 1.82) is 0 Å². The first-order valence-electron chi connectivity index (χ1n) is 11.0. The second kappa shape index (κ2) is 10.8. The maximum atomic E-state index is 2.92. The van der Waals surface area contributed by atoms with Gasteiger partial charge >= 0.3 is 0 Å². The van der Waals surface area contributed by atoms with Gasteiger partial charge in [0.2, 0.25) is 0 Å². The van der Waals surface area contributed by atoms with E-state index in [0.717, 1.165) is 0 Å². The van der Waals surface area contributed by atoms with Crippen molar-refractivity contribution in [3.63, 3.8) is 0 Å². The lowest BCUT2D eigenvalue weighted by Crippen LogP contribution is -2.81. The van der Waals surface area contributed by atoms with E-state index in [-0.39, 0.29) is 0 Å². The van der Waals surface area contributed by atoms with Crippen molar-refractivity contribution in [2.75, 3.05) is 0 Å². The largest absolute Gasteiger partial charge is 0.105 e. The summed E-state index contributed by atoms with van der Waals surface area (Å²) in [7, 11) is -3.38. The van der Waals surface area contributed by atoms with E-state index in [1.807, 2.05) is 0 Å². The number of hydrogen-bond acceptors (Lipinski definition) is 0. The van der Waals surface area contributed by atoms with Gasteiger partial charge in [-0.25, -0.2) is 0 Å². The molecule has 0 amide bonds. The average molecular weight is 415 g/mol. The van der Waals surface area contributed by atoms with Crippen LogP contribution in [0.3, 0.4) is 0 Å². The van der Waals surface area contributed by atoms with Gasteiger partial charge in [-0.05, 0) is 12.8 Å². The minimum atomic E-state index is -1.25. The van der Waals surface area contributed by atoms with Gasteiger partial charge in [0.05, 0.1) is 6.63 Å². The Labute approximate surface area is 164 Å². The monoisotopic (exact) mass is 414 g/mol. The number of allylic oxidation sites excluding steroid dienone is 1. The van der Waals surface area contributed by atoms with E-state index in [0.29, 0.717) is 0 Å². The molecule has 0 heterocycles. The van der Waals surface area contributed by atoms with Gasteiger partial charge in [-0.15, -0.1) is 5.70 Å². The Balaban J connectivity index is 4.72. The second-order valence-corrected chi connectivity index (χ2v) is 51.8. The molecule has 0 atom stereocenters. The first-order chi connectivity index (χ1) is 11.3. The smallest absolute Gasteiger partial charge is 0.0593 e. The third-order valence-electron chi connectivity index (χ3n) is 6.14. The molecule has 25 heavy (non-hydrogen) atoms. The molecule has 0 aliphatic heterocycles. The number of hydrogen-bond donors (Lipinski definition) is 0. The molecule has 0 saturated heterocycles. The maximum absolute atomic E-state index is 2.92. The van der Waals surface area contributed by atoms with E-state index in [2.05, 4.69) is 77.6 Å². The summed E-state index contributed by atoms with van der Waals surface area (Å²) in [4.78, 5) is 0. The van der Waals surface area contributed by atoms with Gasteiger partial charge in [0.1, 0.15) is 0 Å². The van der Waals surface area contributed by atoms with Crippen LogP contribution in [0, 0.1) is 0 Å². The lowest BCUT2D eigenvalue weighted by Gasteiger charge is -2.56. The molecule has 150 valence electrons. The standard InChI is InChI=1S/C21H50Si4/c1-11-12-13-14-15-16-17-18-19-20-21-25(22(2,3)4,23(5,6)7)24(8,9)10/h20-21H,11-19H2,1-10H3/b21-20-. The van der Waals surface area contributed by atoms with Gasteiger partial charge in [0.25, 0.3) is 0 Å². The van der Waals surface area contributed by atoms with Crippen LogP contribution in [0.4, 0.5) is 0 Å². The Hall–Kier alpha value is 0.608. The van der Waals surface area contributed by atoms with Crippen molar-refractivity contribution >= 4 is 29.4 Å². The maximum Gasteiger partial charge on any atom is 0.0593 e. The van der Waals surface area contributed by atoms with E-state index in [1.165, 1.54) is 57.8 Å². The fourth-order valence-corrected chi connectivity index (χ4v) is 101. The number of unbranched alkanes of at least 4 members (excludes halogenated alkanes) is 8. The summed E-state index contributed by atoms with van der Waals surface area (Å²) in [5, 5.41) is 0. The van der Waals surface area contributed by atoms with Crippen molar-refractivity contribution in [2.45, 2.75) is 124 Å². The van der Waals surface area contributed by atoms with Crippen molar-refractivity contribution < 1.29 is 0 Å². The predicted molar refractivity (Wildman–Crippen MR) is 132 cm³/mol. The van der Waals surface area contributed by atoms with Crippen LogP contribution < -0.4 is 0 Å². The normalized spacial score (nSPS) is 14.5. The molecule has 0 saturated carbocycles. The first kappa shape index (κ1) is 25.6. The Morgan fingerprint density at radius 3 is 1.24 bits per heavy atom. The molecule has 0 aromatic carbocycles. The van der Waals surface area contributed by atoms with Crippen LogP contribution >= 0.6 is 0 Å². The second-order valence-electron chi connectivity index (χ2n) is 11.2. The van der Waals surface area contributed by atoms with Crippen LogP contribution in [0.15, 0.2) is 11.8 Å². The van der Waals surface area contributed by atoms with Crippen molar-refractivity contribution in [1.82, 2.24) is 0 Å². The molecule has 4 heteroatoms. The van der Waals surface area contributed by atoms with E-state index in [1.54, 1.807) is 0 Å². The molecule has 0 unspecified atom stereocenters. The molecule has 0 rings (SSSR count). The van der Waals surface area contributed by atoms with Crippen LogP contribution in [-0.2, 0) is 0 Å². The summed E-state index contributed by atoms with van der Waals surface area (Å²) in [6.07, 6.45) is 15.5. The van der Waals surface area contributed by atoms with E-state index in [4.69, 9.17) is 0 Å². The highest BCUT2D eigenvalue weighted by Crippen LogP contribution is 2.38. The summed E-state index contributed by atoms with van der Waals surface area (Å²) in [6.45, 7) is 25.3. The van der Waals surface area contributed by atoms with Crippen molar-refractivity contribution in [2.24, 2.45) is 0 Å². The minimum Gasteiger partial charge on any atom is -0.105 e. The fourth-order valence-electron chi connectivity index (χ4n) is 5.78. The van der Waals surface area contributed by atoms with Gasteiger partial charge in [0, 0.05) is 22.8 Å².